The van der Waals surface area contributed by atoms with Crippen molar-refractivity contribution < 1.29 is 28.1 Å². The minimum Gasteiger partial charge on any atom is -0.479 e. The lowest BCUT2D eigenvalue weighted by Gasteiger charge is -2.04. The molecule has 0 aliphatic carbocycles. The van der Waals surface area contributed by atoms with Crippen LogP contribution in [0, 0.1) is 15.9 Å². The number of ether oxygens (including phenoxy) is 1. The van der Waals surface area contributed by atoms with Crippen molar-refractivity contribution in [2.24, 2.45) is 10.9 Å². The van der Waals surface area contributed by atoms with Gasteiger partial charge in [0.05, 0.1) is 4.92 Å². The average molecular weight is 399 g/mol. The van der Waals surface area contributed by atoms with E-state index in [0.29, 0.717) is 5.56 Å². The van der Waals surface area contributed by atoms with Gasteiger partial charge in [-0.15, -0.1) is 0 Å². The molecule has 1 aromatic heterocycles. The summed E-state index contributed by atoms with van der Waals surface area (Å²) in [6.07, 6.45) is 0. The number of halogens is 1. The van der Waals surface area contributed by atoms with Crippen molar-refractivity contribution in [1.29, 1.82) is 0 Å². The van der Waals surface area contributed by atoms with Crippen LogP contribution in [0.2, 0.25) is 0 Å². The molecule has 10 heteroatoms. The molecule has 3 aromatic rings. The first-order valence-electron chi connectivity index (χ1n) is 8.19. The summed E-state index contributed by atoms with van der Waals surface area (Å²) in [5.74, 6) is -1.33. The van der Waals surface area contributed by atoms with Crippen LogP contribution in [0.4, 0.5) is 10.1 Å². The molecule has 0 amide bonds. The van der Waals surface area contributed by atoms with Gasteiger partial charge in [0.25, 0.3) is 0 Å². The second-order valence-electron chi connectivity index (χ2n) is 5.64. The van der Waals surface area contributed by atoms with E-state index in [1.807, 2.05) is 0 Å². The van der Waals surface area contributed by atoms with Crippen molar-refractivity contribution in [3.05, 3.63) is 93.7 Å². The second-order valence-corrected chi connectivity index (χ2v) is 5.64. The van der Waals surface area contributed by atoms with Gasteiger partial charge in [-0.05, 0) is 42.5 Å². The topological polar surface area (TPSA) is 130 Å². The Hall–Kier alpha value is -4.21. The molecule has 0 saturated heterocycles. The highest BCUT2D eigenvalue weighted by molar-refractivity contribution is 5.97. The lowest BCUT2D eigenvalue weighted by Crippen LogP contribution is -2.15. The van der Waals surface area contributed by atoms with Gasteiger partial charge in [0.15, 0.2) is 11.6 Å². The van der Waals surface area contributed by atoms with E-state index in [0.717, 1.165) is 0 Å². The Morgan fingerprint density at radius 1 is 1.14 bits per heavy atom. The highest BCUT2D eigenvalue weighted by atomic mass is 19.1. The van der Waals surface area contributed by atoms with E-state index in [-0.39, 0.29) is 35.4 Å². The quantitative estimate of drug-likeness (QED) is 0.212. The Labute approximate surface area is 163 Å². The van der Waals surface area contributed by atoms with Crippen LogP contribution in [0.1, 0.15) is 21.9 Å². The number of furan rings is 1. The summed E-state index contributed by atoms with van der Waals surface area (Å²) in [7, 11) is 0. The van der Waals surface area contributed by atoms with Gasteiger partial charge in [-0.25, -0.2) is 9.18 Å². The Kier molecular flexibility index (Phi) is 5.83. The summed E-state index contributed by atoms with van der Waals surface area (Å²) >= 11 is 0. The summed E-state index contributed by atoms with van der Waals surface area (Å²) in [6.45, 7) is -0.140. The van der Waals surface area contributed by atoms with Crippen LogP contribution in [-0.2, 0) is 11.4 Å². The van der Waals surface area contributed by atoms with Gasteiger partial charge in [0.2, 0.25) is 5.76 Å². The number of amidine groups is 1. The highest BCUT2D eigenvalue weighted by Gasteiger charge is 2.17. The van der Waals surface area contributed by atoms with Crippen molar-refractivity contribution in [3.63, 3.8) is 0 Å². The van der Waals surface area contributed by atoms with Crippen LogP contribution < -0.4 is 10.5 Å². The molecule has 0 aliphatic heterocycles. The fraction of sp³-hybridized carbons (Fsp3) is 0.0526. The zero-order valence-electron chi connectivity index (χ0n) is 14.8. The summed E-state index contributed by atoms with van der Waals surface area (Å²) in [6, 6.07) is 13.8. The zero-order chi connectivity index (χ0) is 20.8. The lowest BCUT2D eigenvalue weighted by atomic mass is 10.2. The van der Waals surface area contributed by atoms with Gasteiger partial charge in [0, 0.05) is 11.6 Å². The Morgan fingerprint density at radius 2 is 1.86 bits per heavy atom. The number of carbonyl (C=O) groups excluding carboxylic acids is 1. The molecule has 0 atom stereocenters. The van der Waals surface area contributed by atoms with Gasteiger partial charge in [0.1, 0.15) is 18.2 Å². The molecule has 0 aliphatic rings. The normalized spacial score (nSPS) is 11.1. The number of benzene rings is 2. The van der Waals surface area contributed by atoms with Gasteiger partial charge < -0.3 is 19.7 Å². The number of rotatable bonds is 7. The van der Waals surface area contributed by atoms with E-state index in [2.05, 4.69) is 5.16 Å². The number of hydrogen-bond donors (Lipinski definition) is 1. The third kappa shape index (κ3) is 4.95. The molecule has 1 heterocycles. The number of nitrogens with zero attached hydrogens (tertiary/aromatic N) is 2. The maximum Gasteiger partial charge on any atom is 0.400 e. The Bertz CT molecular complexity index is 1060. The fourth-order valence-corrected chi connectivity index (χ4v) is 2.25. The predicted molar refractivity (Wildman–Crippen MR) is 98.7 cm³/mol. The number of nitro benzene ring substituents is 1. The zero-order valence-corrected chi connectivity index (χ0v) is 14.8. The van der Waals surface area contributed by atoms with E-state index in [1.54, 1.807) is 6.07 Å². The molecule has 148 valence electrons. The molecule has 2 aromatic carbocycles. The van der Waals surface area contributed by atoms with Crippen LogP contribution in [0.25, 0.3) is 0 Å². The third-order valence-electron chi connectivity index (χ3n) is 3.66. The first-order chi connectivity index (χ1) is 13.9. The molecule has 0 saturated carbocycles. The Morgan fingerprint density at radius 3 is 2.59 bits per heavy atom. The van der Waals surface area contributed by atoms with E-state index < -0.39 is 16.7 Å². The van der Waals surface area contributed by atoms with E-state index in [9.17, 15) is 19.3 Å². The second kappa shape index (κ2) is 8.65. The number of carbonyl (C=O) groups is 1. The third-order valence-corrected chi connectivity index (χ3v) is 3.66. The maximum absolute atomic E-state index is 12.9. The van der Waals surface area contributed by atoms with Gasteiger partial charge in [-0.3, -0.25) is 10.1 Å². The molecular weight excluding hydrogens is 385 g/mol. The highest BCUT2D eigenvalue weighted by Crippen LogP contribution is 2.26. The number of nitro groups is 1. The van der Waals surface area contributed by atoms with Crippen molar-refractivity contribution in [1.82, 2.24) is 0 Å². The minimum atomic E-state index is -0.910. The molecule has 9 nitrogen and oxygen atoms in total. The average Bonchev–Trinajstić information content (AvgIpc) is 3.20. The fourth-order valence-electron chi connectivity index (χ4n) is 2.25. The standard InChI is InChI=1S/C19H14FN3O6/c20-13-7-5-12(6-8-13)18(21)22-29-19(24)17-10-9-14(28-17)11-27-16-4-2-1-3-15(16)23(25)26/h1-10H,11H2,(H2,21,22). The van der Waals surface area contributed by atoms with Crippen molar-refractivity contribution in [2.45, 2.75) is 6.61 Å². The van der Waals surface area contributed by atoms with Crippen LogP contribution >= 0.6 is 0 Å². The lowest BCUT2D eigenvalue weighted by molar-refractivity contribution is -0.386. The van der Waals surface area contributed by atoms with Gasteiger partial charge in [-0.1, -0.05) is 17.3 Å². The SMILES string of the molecule is N/C(=N\OC(=O)c1ccc(COc2ccccc2[N+](=O)[O-])o1)c1ccc(F)cc1. The summed E-state index contributed by atoms with van der Waals surface area (Å²) in [4.78, 5) is 27.1. The van der Waals surface area contributed by atoms with Gasteiger partial charge >= 0.3 is 11.7 Å². The minimum absolute atomic E-state index is 0.0645. The maximum atomic E-state index is 12.9. The molecule has 0 spiro atoms. The summed E-state index contributed by atoms with van der Waals surface area (Å²) in [5.41, 5.74) is 5.85. The van der Waals surface area contributed by atoms with Crippen LogP contribution in [0.3, 0.4) is 0 Å². The van der Waals surface area contributed by atoms with Crippen molar-refractivity contribution in [2.75, 3.05) is 0 Å². The largest absolute Gasteiger partial charge is 0.479 e. The van der Waals surface area contributed by atoms with Crippen molar-refractivity contribution >= 4 is 17.5 Å². The number of hydrogen-bond acceptors (Lipinski definition) is 7. The smallest absolute Gasteiger partial charge is 0.400 e. The number of para-hydroxylation sites is 2. The van der Waals surface area contributed by atoms with Crippen LogP contribution in [0.15, 0.2) is 70.2 Å². The first kappa shape index (κ1) is 19.5. The van der Waals surface area contributed by atoms with E-state index in [1.165, 1.54) is 54.6 Å². The number of nitrogens with two attached hydrogens (primary N) is 1. The van der Waals surface area contributed by atoms with E-state index in [4.69, 9.17) is 19.7 Å². The predicted octanol–water partition coefficient (Wildman–Crippen LogP) is 3.38. The van der Waals surface area contributed by atoms with Crippen LogP contribution in [-0.4, -0.2) is 16.7 Å². The molecule has 2 N–H and O–H groups in total. The molecule has 0 bridgehead atoms. The summed E-state index contributed by atoms with van der Waals surface area (Å²) < 4.78 is 23.6. The van der Waals surface area contributed by atoms with Crippen LogP contribution in [0.5, 0.6) is 5.75 Å². The first-order valence-corrected chi connectivity index (χ1v) is 8.19. The molecule has 29 heavy (non-hydrogen) atoms. The van der Waals surface area contributed by atoms with E-state index >= 15 is 0 Å². The van der Waals surface area contributed by atoms with Gasteiger partial charge in [-0.2, -0.15) is 0 Å². The molecule has 0 unspecified atom stereocenters. The molecule has 0 fully saturated rings. The molecule has 3 rings (SSSR count). The van der Waals surface area contributed by atoms with Crippen molar-refractivity contribution in [3.8, 4) is 5.75 Å². The number of oxime groups is 1. The molecule has 0 radical (unpaired) electrons. The summed E-state index contributed by atoms with van der Waals surface area (Å²) in [5, 5.41) is 14.5. The Balaban J connectivity index is 1.61. The monoisotopic (exact) mass is 399 g/mol. The molecular formula is C19H14FN3O6.